The minimum Gasteiger partial charge on any atom is -0.387 e. The van der Waals surface area contributed by atoms with E-state index in [9.17, 15) is 0 Å². The number of pyridine rings is 1. The summed E-state index contributed by atoms with van der Waals surface area (Å²) in [4.78, 5) is 6.77. The van der Waals surface area contributed by atoms with Gasteiger partial charge in [-0.25, -0.2) is 4.98 Å². The van der Waals surface area contributed by atoms with Gasteiger partial charge in [0.25, 0.3) is 0 Å². The van der Waals surface area contributed by atoms with Crippen molar-refractivity contribution in [2.24, 2.45) is 0 Å². The largest absolute Gasteiger partial charge is 0.387 e. The van der Waals surface area contributed by atoms with Crippen LogP contribution in [0, 0.1) is 0 Å². The summed E-state index contributed by atoms with van der Waals surface area (Å²) in [6.45, 7) is 11.0. The molecule has 0 bridgehead atoms. The van der Waals surface area contributed by atoms with E-state index in [1.807, 2.05) is 19.3 Å². The first kappa shape index (κ1) is 17.0. The van der Waals surface area contributed by atoms with Gasteiger partial charge in [-0.3, -0.25) is 0 Å². The number of hydrogen-bond acceptors (Lipinski definition) is 3. The standard InChI is InChI=1S/C18H27N3/c1-6-9-10-12-16-14-20-18(13-17(16)19-5)21(8-3)15(4)11-7-2/h7,10-14H,2,6,8-9H2,1,3-5H3,(H,19,20)/b12-10-,15-11-. The molecular weight excluding hydrogens is 258 g/mol. The molecule has 0 aliphatic carbocycles. The van der Waals surface area contributed by atoms with Gasteiger partial charge in [0.1, 0.15) is 5.82 Å². The van der Waals surface area contributed by atoms with Gasteiger partial charge in [0, 0.05) is 42.8 Å². The average Bonchev–Trinajstić information content (AvgIpc) is 2.49. The maximum absolute atomic E-state index is 4.60. The van der Waals surface area contributed by atoms with E-state index in [0.29, 0.717) is 0 Å². The van der Waals surface area contributed by atoms with Gasteiger partial charge >= 0.3 is 0 Å². The van der Waals surface area contributed by atoms with Crippen LogP contribution in [0.1, 0.15) is 39.2 Å². The van der Waals surface area contributed by atoms with Gasteiger partial charge in [0.05, 0.1) is 0 Å². The molecule has 0 unspecified atom stereocenters. The van der Waals surface area contributed by atoms with Gasteiger partial charge in [0.15, 0.2) is 0 Å². The van der Waals surface area contributed by atoms with E-state index in [-0.39, 0.29) is 0 Å². The lowest BCUT2D eigenvalue weighted by Crippen LogP contribution is -2.21. The summed E-state index contributed by atoms with van der Waals surface area (Å²) in [6, 6.07) is 2.09. The Bertz CT molecular complexity index is 515. The van der Waals surface area contributed by atoms with E-state index in [1.165, 1.54) is 0 Å². The van der Waals surface area contributed by atoms with Crippen LogP contribution in [-0.4, -0.2) is 18.6 Å². The molecule has 0 fully saturated rings. The highest BCUT2D eigenvalue weighted by Gasteiger charge is 2.09. The summed E-state index contributed by atoms with van der Waals surface area (Å²) in [7, 11) is 1.94. The molecule has 114 valence electrons. The van der Waals surface area contributed by atoms with Crippen LogP contribution in [-0.2, 0) is 0 Å². The second-order valence-corrected chi connectivity index (χ2v) is 4.86. The number of allylic oxidation sites excluding steroid dienone is 4. The SMILES string of the molecule is C=C/C=C(/C)N(CC)c1cc(NC)c(/C=C\CCC)cn1. The molecule has 1 aromatic heterocycles. The van der Waals surface area contributed by atoms with Crippen molar-refractivity contribution < 1.29 is 0 Å². The first-order chi connectivity index (χ1) is 10.2. The first-order valence-corrected chi connectivity index (χ1v) is 7.59. The monoisotopic (exact) mass is 285 g/mol. The highest BCUT2D eigenvalue weighted by Crippen LogP contribution is 2.24. The van der Waals surface area contributed by atoms with Crippen molar-refractivity contribution in [1.82, 2.24) is 4.98 Å². The topological polar surface area (TPSA) is 28.2 Å². The molecule has 3 heteroatoms. The molecule has 0 radical (unpaired) electrons. The summed E-state index contributed by atoms with van der Waals surface area (Å²) in [5.74, 6) is 0.949. The number of rotatable bonds is 8. The van der Waals surface area contributed by atoms with Crippen LogP contribution in [0.5, 0.6) is 0 Å². The van der Waals surface area contributed by atoms with Crippen LogP contribution in [0.25, 0.3) is 6.08 Å². The van der Waals surface area contributed by atoms with Gasteiger partial charge in [-0.05, 0) is 26.3 Å². The summed E-state index contributed by atoms with van der Waals surface area (Å²) in [5.41, 5.74) is 3.35. The molecule has 1 aromatic rings. The molecule has 1 rings (SSSR count). The smallest absolute Gasteiger partial charge is 0.134 e. The molecule has 0 saturated carbocycles. The third-order valence-corrected chi connectivity index (χ3v) is 3.32. The summed E-state index contributed by atoms with van der Waals surface area (Å²) < 4.78 is 0. The lowest BCUT2D eigenvalue weighted by molar-refractivity contribution is 0.926. The van der Waals surface area contributed by atoms with E-state index in [1.54, 1.807) is 6.08 Å². The van der Waals surface area contributed by atoms with Crippen molar-refractivity contribution in [3.8, 4) is 0 Å². The first-order valence-electron chi connectivity index (χ1n) is 7.59. The van der Waals surface area contributed by atoms with Gasteiger partial charge in [-0.1, -0.05) is 38.2 Å². The quantitative estimate of drug-likeness (QED) is 0.692. The molecule has 0 aliphatic rings. The van der Waals surface area contributed by atoms with Gasteiger partial charge < -0.3 is 10.2 Å². The summed E-state index contributed by atoms with van der Waals surface area (Å²) >= 11 is 0. The predicted octanol–water partition coefficient (Wildman–Crippen LogP) is 4.85. The van der Waals surface area contributed by atoms with Crippen molar-refractivity contribution in [1.29, 1.82) is 0 Å². The normalized spacial score (nSPS) is 11.7. The van der Waals surface area contributed by atoms with Crippen LogP contribution in [0.15, 0.2) is 42.8 Å². The van der Waals surface area contributed by atoms with Crippen molar-refractivity contribution in [2.75, 3.05) is 23.8 Å². The summed E-state index contributed by atoms with van der Waals surface area (Å²) in [6.07, 6.45) is 12.3. The van der Waals surface area contributed by atoms with Gasteiger partial charge in [-0.2, -0.15) is 0 Å². The average molecular weight is 285 g/mol. The maximum atomic E-state index is 4.60. The molecule has 3 nitrogen and oxygen atoms in total. The number of unbranched alkanes of at least 4 members (excludes halogenated alkanes) is 1. The third-order valence-electron chi connectivity index (χ3n) is 3.32. The Hall–Kier alpha value is -2.03. The lowest BCUT2D eigenvalue weighted by atomic mass is 10.2. The van der Waals surface area contributed by atoms with Crippen molar-refractivity contribution in [2.45, 2.75) is 33.6 Å². The van der Waals surface area contributed by atoms with Crippen molar-refractivity contribution in [3.63, 3.8) is 0 Å². The maximum Gasteiger partial charge on any atom is 0.134 e. The predicted molar refractivity (Wildman–Crippen MR) is 94.7 cm³/mol. The number of hydrogen-bond donors (Lipinski definition) is 1. The fraction of sp³-hybridized carbons (Fsp3) is 0.389. The van der Waals surface area contributed by atoms with Crippen LogP contribution in [0.4, 0.5) is 11.5 Å². The third kappa shape index (κ3) is 4.78. The molecule has 0 atom stereocenters. The Morgan fingerprint density at radius 1 is 1.43 bits per heavy atom. The van der Waals surface area contributed by atoms with Crippen LogP contribution < -0.4 is 10.2 Å². The minimum absolute atomic E-state index is 0.872. The Balaban J connectivity index is 3.10. The van der Waals surface area contributed by atoms with Crippen molar-refractivity contribution >= 4 is 17.6 Å². The fourth-order valence-corrected chi connectivity index (χ4v) is 2.18. The Labute approximate surface area is 129 Å². The van der Waals surface area contributed by atoms with Crippen LogP contribution in [0.3, 0.4) is 0 Å². The molecule has 0 amide bonds. The number of aromatic nitrogens is 1. The van der Waals surface area contributed by atoms with E-state index in [0.717, 1.165) is 42.2 Å². The molecule has 21 heavy (non-hydrogen) atoms. The van der Waals surface area contributed by atoms with E-state index >= 15 is 0 Å². The van der Waals surface area contributed by atoms with Crippen LogP contribution >= 0.6 is 0 Å². The molecule has 0 saturated heterocycles. The molecule has 1 N–H and O–H groups in total. The lowest BCUT2D eigenvalue weighted by Gasteiger charge is -2.23. The molecule has 1 heterocycles. The fourth-order valence-electron chi connectivity index (χ4n) is 2.18. The van der Waals surface area contributed by atoms with E-state index in [4.69, 9.17) is 0 Å². The number of nitrogens with zero attached hydrogens (tertiary/aromatic N) is 2. The molecule has 0 aromatic carbocycles. The van der Waals surface area contributed by atoms with Gasteiger partial charge in [-0.15, -0.1) is 0 Å². The zero-order chi connectivity index (χ0) is 15.7. The second-order valence-electron chi connectivity index (χ2n) is 4.86. The van der Waals surface area contributed by atoms with Crippen LogP contribution in [0.2, 0.25) is 0 Å². The molecular formula is C18H27N3. The second kappa shape index (κ2) is 9.01. The van der Waals surface area contributed by atoms with E-state index < -0.39 is 0 Å². The number of nitrogens with one attached hydrogen (secondary N) is 1. The Kier molecular flexibility index (Phi) is 7.30. The number of anilines is 2. The molecule has 0 spiro atoms. The highest BCUT2D eigenvalue weighted by molar-refractivity contribution is 5.69. The van der Waals surface area contributed by atoms with E-state index in [2.05, 4.69) is 60.8 Å². The zero-order valence-corrected chi connectivity index (χ0v) is 13.7. The Morgan fingerprint density at radius 3 is 2.76 bits per heavy atom. The van der Waals surface area contributed by atoms with Gasteiger partial charge in [0.2, 0.25) is 0 Å². The zero-order valence-electron chi connectivity index (χ0n) is 13.7. The van der Waals surface area contributed by atoms with Crippen molar-refractivity contribution in [3.05, 3.63) is 48.3 Å². The Morgan fingerprint density at radius 2 is 2.19 bits per heavy atom. The molecule has 0 aliphatic heterocycles. The minimum atomic E-state index is 0.872. The summed E-state index contributed by atoms with van der Waals surface area (Å²) in [5, 5.41) is 3.26. The highest BCUT2D eigenvalue weighted by atomic mass is 15.2.